The number of carbonyl (C=O) groups excluding carboxylic acids is 2. The van der Waals surface area contributed by atoms with Crippen LogP contribution in [0.15, 0.2) is 42.5 Å². The lowest BCUT2D eigenvalue weighted by Crippen LogP contribution is -2.39. The first-order valence-corrected chi connectivity index (χ1v) is 7.47. The third-order valence-corrected chi connectivity index (χ3v) is 6.19. The Morgan fingerprint density at radius 3 is 2.57 bits per heavy atom. The molecular formula is C15H11NO4S. The van der Waals surface area contributed by atoms with E-state index in [0.29, 0.717) is 4.90 Å². The predicted octanol–water partition coefficient (Wildman–Crippen LogP) is 1.85. The summed E-state index contributed by atoms with van der Waals surface area (Å²) in [4.78, 5) is 36.3. The van der Waals surface area contributed by atoms with Crippen molar-refractivity contribution in [2.45, 2.75) is 10.00 Å². The second kappa shape index (κ2) is 3.98. The van der Waals surface area contributed by atoms with Crippen LogP contribution in [-0.4, -0.2) is 33.2 Å². The van der Waals surface area contributed by atoms with Gasteiger partial charge in [0.25, 0.3) is 0 Å². The lowest BCUT2D eigenvalue weighted by atomic mass is 9.74. The first-order valence-electron chi connectivity index (χ1n) is 6.60. The monoisotopic (exact) mass is 301 g/mol. The maximum absolute atomic E-state index is 12.5. The number of hydrogen-bond donors (Lipinski definition) is 1. The van der Waals surface area contributed by atoms with Crippen molar-refractivity contribution in [2.24, 2.45) is 11.8 Å². The molecule has 2 bridgehead atoms. The van der Waals surface area contributed by atoms with Crippen LogP contribution >= 0.6 is 11.8 Å². The van der Waals surface area contributed by atoms with Gasteiger partial charge in [-0.1, -0.05) is 42.5 Å². The molecule has 0 saturated carbocycles. The van der Waals surface area contributed by atoms with E-state index in [0.717, 1.165) is 5.56 Å². The lowest BCUT2D eigenvalue weighted by Gasteiger charge is -2.29. The van der Waals surface area contributed by atoms with Gasteiger partial charge in [0.1, 0.15) is 0 Å². The first-order chi connectivity index (χ1) is 10.1. The number of nitrogens with zero attached hydrogens (tertiary/aromatic N) is 1. The van der Waals surface area contributed by atoms with E-state index in [1.807, 2.05) is 42.5 Å². The Balaban J connectivity index is 1.86. The molecule has 6 heteroatoms. The van der Waals surface area contributed by atoms with E-state index in [1.54, 1.807) is 11.8 Å². The largest absolute Gasteiger partial charge is 0.464 e. The number of carboxylic acid groups (broad SMARTS) is 1. The summed E-state index contributed by atoms with van der Waals surface area (Å²) in [7, 11) is 0. The molecule has 106 valence electrons. The molecule has 4 rings (SSSR count). The Morgan fingerprint density at radius 2 is 1.90 bits per heavy atom. The number of likely N-dealkylation sites (tertiary alicyclic amines) is 1. The molecule has 4 atom stereocenters. The number of rotatable bonds is 1. The lowest BCUT2D eigenvalue weighted by molar-refractivity contribution is -0.137. The Hall–Kier alpha value is -2.08. The van der Waals surface area contributed by atoms with Gasteiger partial charge in [-0.3, -0.25) is 9.59 Å². The van der Waals surface area contributed by atoms with Crippen molar-refractivity contribution in [3.63, 3.8) is 0 Å². The average Bonchev–Trinajstić information content (AvgIpc) is 3.11. The summed E-state index contributed by atoms with van der Waals surface area (Å²) in [5.74, 6) is -2.37. The SMILES string of the molecule is O=C(O)N1C(=O)C2C3C=CC(c4ccccc4)(S3)C2C1=O. The average molecular weight is 301 g/mol. The molecule has 21 heavy (non-hydrogen) atoms. The molecule has 3 aliphatic heterocycles. The van der Waals surface area contributed by atoms with Crippen molar-refractivity contribution < 1.29 is 19.5 Å². The molecule has 2 fully saturated rings. The van der Waals surface area contributed by atoms with Crippen LogP contribution in [0.4, 0.5) is 4.79 Å². The second-order valence-electron chi connectivity index (χ2n) is 5.40. The number of amides is 3. The van der Waals surface area contributed by atoms with Gasteiger partial charge >= 0.3 is 6.09 Å². The second-order valence-corrected chi connectivity index (χ2v) is 6.85. The zero-order valence-corrected chi connectivity index (χ0v) is 11.6. The smallest absolute Gasteiger partial charge is 0.421 e. The maximum atomic E-state index is 12.5. The van der Waals surface area contributed by atoms with Crippen LogP contribution in [0, 0.1) is 11.8 Å². The Bertz CT molecular complexity index is 701. The van der Waals surface area contributed by atoms with E-state index < -0.39 is 34.5 Å². The molecular weight excluding hydrogens is 290 g/mol. The molecule has 0 aromatic heterocycles. The molecule has 0 spiro atoms. The van der Waals surface area contributed by atoms with Crippen LogP contribution in [0.1, 0.15) is 5.56 Å². The van der Waals surface area contributed by atoms with Crippen LogP contribution in [0.5, 0.6) is 0 Å². The van der Waals surface area contributed by atoms with Crippen LogP contribution < -0.4 is 0 Å². The summed E-state index contributed by atoms with van der Waals surface area (Å²) in [5.41, 5.74) is 0.939. The van der Waals surface area contributed by atoms with Crippen molar-refractivity contribution >= 4 is 29.7 Å². The van der Waals surface area contributed by atoms with Crippen molar-refractivity contribution in [3.8, 4) is 0 Å². The minimum atomic E-state index is -1.48. The standard InChI is InChI=1S/C15H11NO4S/c17-12-10-9-6-7-15(21-9,8-4-2-1-3-5-8)11(10)13(18)16(12)14(19)20/h1-7,9-11H,(H,19,20). The van der Waals surface area contributed by atoms with E-state index in [-0.39, 0.29) is 5.25 Å². The number of imide groups is 3. The van der Waals surface area contributed by atoms with Gasteiger partial charge < -0.3 is 5.11 Å². The van der Waals surface area contributed by atoms with E-state index >= 15 is 0 Å². The topological polar surface area (TPSA) is 74.7 Å². The number of carbonyl (C=O) groups is 3. The number of benzene rings is 1. The Kier molecular flexibility index (Phi) is 2.39. The number of fused-ring (bicyclic) bond motifs is 5. The highest BCUT2D eigenvalue weighted by atomic mass is 32.2. The molecule has 3 aliphatic rings. The maximum Gasteiger partial charge on any atom is 0.421 e. The van der Waals surface area contributed by atoms with Gasteiger partial charge in [0, 0.05) is 5.25 Å². The van der Waals surface area contributed by atoms with Gasteiger partial charge in [-0.2, -0.15) is 4.90 Å². The highest BCUT2D eigenvalue weighted by Crippen LogP contribution is 2.64. The molecule has 4 unspecified atom stereocenters. The summed E-state index contributed by atoms with van der Waals surface area (Å²) in [6.45, 7) is 0. The van der Waals surface area contributed by atoms with Gasteiger partial charge in [-0.15, -0.1) is 11.8 Å². The molecule has 2 saturated heterocycles. The van der Waals surface area contributed by atoms with Gasteiger partial charge in [0.05, 0.1) is 16.6 Å². The first kappa shape index (κ1) is 12.6. The van der Waals surface area contributed by atoms with Gasteiger partial charge in [-0.25, -0.2) is 4.79 Å². The third kappa shape index (κ3) is 1.40. The van der Waals surface area contributed by atoms with Gasteiger partial charge in [-0.05, 0) is 5.56 Å². The van der Waals surface area contributed by atoms with Gasteiger partial charge in [0.2, 0.25) is 11.8 Å². The zero-order chi connectivity index (χ0) is 14.8. The molecule has 3 heterocycles. The van der Waals surface area contributed by atoms with Crippen molar-refractivity contribution in [2.75, 3.05) is 0 Å². The summed E-state index contributed by atoms with van der Waals surface area (Å²) in [5, 5.41) is 8.99. The molecule has 1 aromatic carbocycles. The highest BCUT2D eigenvalue weighted by molar-refractivity contribution is 8.01. The quantitative estimate of drug-likeness (QED) is 0.633. The summed E-state index contributed by atoms with van der Waals surface area (Å²) in [6, 6.07) is 9.50. The zero-order valence-electron chi connectivity index (χ0n) is 10.8. The van der Waals surface area contributed by atoms with E-state index in [2.05, 4.69) is 0 Å². The minimum Gasteiger partial charge on any atom is -0.464 e. The summed E-state index contributed by atoms with van der Waals surface area (Å²) >= 11 is 1.57. The normalized spacial score (nSPS) is 36.4. The Labute approximate surface area is 124 Å². The molecule has 0 aliphatic carbocycles. The Morgan fingerprint density at radius 1 is 1.19 bits per heavy atom. The predicted molar refractivity (Wildman–Crippen MR) is 75.5 cm³/mol. The highest BCUT2D eigenvalue weighted by Gasteiger charge is 2.68. The summed E-state index contributed by atoms with van der Waals surface area (Å²) in [6.07, 6.45) is 2.40. The number of thioether (sulfide) groups is 1. The van der Waals surface area contributed by atoms with Crippen LogP contribution in [-0.2, 0) is 14.3 Å². The minimum absolute atomic E-state index is 0.129. The fourth-order valence-corrected chi connectivity index (χ4v) is 5.47. The number of hydrogen-bond acceptors (Lipinski definition) is 4. The fourth-order valence-electron chi connectivity index (χ4n) is 3.62. The van der Waals surface area contributed by atoms with E-state index in [4.69, 9.17) is 5.11 Å². The molecule has 3 amide bonds. The summed E-state index contributed by atoms with van der Waals surface area (Å²) < 4.78 is -0.618. The van der Waals surface area contributed by atoms with E-state index in [9.17, 15) is 14.4 Å². The molecule has 0 radical (unpaired) electrons. The van der Waals surface area contributed by atoms with Gasteiger partial charge in [0.15, 0.2) is 0 Å². The van der Waals surface area contributed by atoms with Crippen molar-refractivity contribution in [1.29, 1.82) is 0 Å². The molecule has 5 nitrogen and oxygen atoms in total. The molecule has 1 aromatic rings. The van der Waals surface area contributed by atoms with Crippen molar-refractivity contribution in [3.05, 3.63) is 48.0 Å². The van der Waals surface area contributed by atoms with Crippen LogP contribution in [0.25, 0.3) is 0 Å². The van der Waals surface area contributed by atoms with Crippen LogP contribution in [0.3, 0.4) is 0 Å². The molecule has 1 N–H and O–H groups in total. The van der Waals surface area contributed by atoms with E-state index in [1.165, 1.54) is 0 Å². The fraction of sp³-hybridized carbons (Fsp3) is 0.267. The van der Waals surface area contributed by atoms with Crippen LogP contribution in [0.2, 0.25) is 0 Å². The third-order valence-electron chi connectivity index (χ3n) is 4.45. The van der Waals surface area contributed by atoms with Crippen molar-refractivity contribution in [1.82, 2.24) is 4.90 Å².